The normalized spacial score (nSPS) is 39.4. The number of rotatable bonds is 2. The molecule has 1 aromatic carbocycles. The van der Waals surface area contributed by atoms with Crippen molar-refractivity contribution in [3.8, 4) is 0 Å². The second-order valence-electron chi connectivity index (χ2n) is 5.96. The van der Waals surface area contributed by atoms with Crippen molar-refractivity contribution in [2.24, 2.45) is 23.7 Å². The lowest BCUT2D eigenvalue weighted by molar-refractivity contribution is -0.145. The van der Waals surface area contributed by atoms with Crippen LogP contribution in [0.2, 0.25) is 5.02 Å². The van der Waals surface area contributed by atoms with Crippen molar-refractivity contribution >= 4 is 45.1 Å². The molecule has 2 aliphatic carbocycles. The molecule has 2 saturated carbocycles. The molecule has 0 unspecified atom stereocenters. The summed E-state index contributed by atoms with van der Waals surface area (Å²) in [7, 11) is 0. The van der Waals surface area contributed by atoms with Gasteiger partial charge in [-0.1, -0.05) is 33.6 Å². The minimum atomic E-state index is -0.315. The van der Waals surface area contributed by atoms with Crippen LogP contribution in [0.3, 0.4) is 0 Å². The van der Waals surface area contributed by atoms with Crippen LogP contribution in [0.25, 0.3) is 0 Å². The summed E-state index contributed by atoms with van der Waals surface area (Å²) in [5, 5.41) is 3.45. The molecule has 6 heteroatoms. The van der Waals surface area contributed by atoms with E-state index in [0.29, 0.717) is 10.7 Å². The molecule has 3 fully saturated rings. The van der Waals surface area contributed by atoms with Crippen LogP contribution in [-0.4, -0.2) is 22.8 Å². The fourth-order valence-corrected chi connectivity index (χ4v) is 5.36. The molecule has 0 spiro atoms. The first kappa shape index (κ1) is 13.6. The number of halogens is 2. The van der Waals surface area contributed by atoms with Gasteiger partial charge in [0, 0.05) is 16.6 Å². The summed E-state index contributed by atoms with van der Waals surface area (Å²) in [6.07, 6.45) is 0.827. The molecule has 110 valence electrons. The molecule has 1 aliphatic heterocycles. The number of esters is 1. The summed E-state index contributed by atoms with van der Waals surface area (Å²) in [6.45, 7) is 0. The highest BCUT2D eigenvalue weighted by Crippen LogP contribution is 2.60. The van der Waals surface area contributed by atoms with Crippen molar-refractivity contribution in [3.05, 3.63) is 29.3 Å². The van der Waals surface area contributed by atoms with Gasteiger partial charge in [-0.15, -0.1) is 0 Å². The van der Waals surface area contributed by atoms with E-state index in [2.05, 4.69) is 21.2 Å². The van der Waals surface area contributed by atoms with E-state index in [1.807, 2.05) is 0 Å². The maximum Gasteiger partial charge on any atom is 0.310 e. The second kappa shape index (κ2) is 4.71. The van der Waals surface area contributed by atoms with E-state index >= 15 is 0 Å². The first-order valence-electron chi connectivity index (χ1n) is 6.97. The third-order valence-electron chi connectivity index (χ3n) is 4.92. The van der Waals surface area contributed by atoms with Crippen molar-refractivity contribution in [1.29, 1.82) is 0 Å². The number of carbonyl (C=O) groups is 2. The Kier molecular flexibility index (Phi) is 3.05. The highest BCUT2D eigenvalue weighted by Gasteiger charge is 2.67. The van der Waals surface area contributed by atoms with E-state index < -0.39 is 0 Å². The third-order valence-corrected chi connectivity index (χ3v) is 6.35. The van der Waals surface area contributed by atoms with Gasteiger partial charge in [0.15, 0.2) is 0 Å². The van der Waals surface area contributed by atoms with Crippen LogP contribution >= 0.6 is 27.5 Å². The molecule has 0 radical (unpaired) electrons. The Morgan fingerprint density at radius 1 is 1.38 bits per heavy atom. The monoisotopic (exact) mass is 369 g/mol. The summed E-state index contributed by atoms with van der Waals surface area (Å²) in [5.41, 5.74) is 0.657. The first-order chi connectivity index (χ1) is 10.1. The van der Waals surface area contributed by atoms with Gasteiger partial charge in [0.25, 0.3) is 0 Å². The number of fused-ring (bicyclic) bond motifs is 1. The van der Waals surface area contributed by atoms with Gasteiger partial charge in [-0.25, -0.2) is 0 Å². The minimum absolute atomic E-state index is 0.0530. The topological polar surface area (TPSA) is 55.4 Å². The zero-order chi connectivity index (χ0) is 14.7. The predicted octanol–water partition coefficient (Wildman–Crippen LogP) is 2.85. The number of alkyl halides is 1. The maximum absolute atomic E-state index is 12.6. The highest BCUT2D eigenvalue weighted by molar-refractivity contribution is 9.09. The van der Waals surface area contributed by atoms with Crippen LogP contribution in [0.4, 0.5) is 5.69 Å². The molecule has 3 aliphatic rings. The van der Waals surface area contributed by atoms with Crippen LogP contribution in [0.1, 0.15) is 6.42 Å². The van der Waals surface area contributed by atoms with Gasteiger partial charge in [-0.05, 0) is 30.5 Å². The number of hydrogen-bond donors (Lipinski definition) is 1. The number of anilines is 1. The molecule has 1 aromatic rings. The first-order valence-corrected chi connectivity index (χ1v) is 8.26. The Hall–Kier alpha value is -1.07. The SMILES string of the molecule is O=C(Nc1cccc(Cl)c1)[C@@H]1[C@H]2C[C@H]3[C@H](OC(=O)[C@H]31)[C@H]2Br. The van der Waals surface area contributed by atoms with E-state index in [0.717, 1.165) is 6.42 Å². The maximum atomic E-state index is 12.6. The number of benzene rings is 1. The number of nitrogens with one attached hydrogen (secondary N) is 1. The lowest BCUT2D eigenvalue weighted by Gasteiger charge is -2.27. The third kappa shape index (κ3) is 1.94. The highest BCUT2D eigenvalue weighted by atomic mass is 79.9. The molecule has 2 bridgehead atoms. The van der Waals surface area contributed by atoms with Crippen LogP contribution in [0.5, 0.6) is 0 Å². The minimum Gasteiger partial charge on any atom is -0.461 e. The van der Waals surface area contributed by atoms with Crippen LogP contribution in [0.15, 0.2) is 24.3 Å². The van der Waals surface area contributed by atoms with Gasteiger partial charge in [0.1, 0.15) is 6.10 Å². The molecule has 6 atom stereocenters. The summed E-state index contributed by atoms with van der Waals surface area (Å²) in [5.74, 6) is -0.590. The molecule has 1 saturated heterocycles. The number of ether oxygens (including phenoxy) is 1. The van der Waals surface area contributed by atoms with E-state index in [-0.39, 0.29) is 46.5 Å². The summed E-state index contributed by atoms with van der Waals surface area (Å²) in [4.78, 5) is 24.7. The molecule has 4 nitrogen and oxygen atoms in total. The summed E-state index contributed by atoms with van der Waals surface area (Å²) < 4.78 is 5.41. The average molecular weight is 371 g/mol. The fourth-order valence-electron chi connectivity index (χ4n) is 4.12. The van der Waals surface area contributed by atoms with Crippen molar-refractivity contribution < 1.29 is 14.3 Å². The van der Waals surface area contributed by atoms with E-state index in [1.54, 1.807) is 24.3 Å². The Morgan fingerprint density at radius 2 is 2.19 bits per heavy atom. The van der Waals surface area contributed by atoms with Gasteiger partial charge in [-0.3, -0.25) is 9.59 Å². The largest absolute Gasteiger partial charge is 0.461 e. The molecular formula is C15H13BrClNO3. The number of hydrogen-bond acceptors (Lipinski definition) is 3. The zero-order valence-corrected chi connectivity index (χ0v) is 13.3. The van der Waals surface area contributed by atoms with Gasteiger partial charge in [0.2, 0.25) is 5.91 Å². The Labute approximate surface area is 135 Å². The average Bonchev–Trinajstić information content (AvgIpc) is 3.02. The van der Waals surface area contributed by atoms with E-state index in [4.69, 9.17) is 16.3 Å². The predicted molar refractivity (Wildman–Crippen MR) is 81.3 cm³/mol. The van der Waals surface area contributed by atoms with E-state index in [1.165, 1.54) is 0 Å². The van der Waals surface area contributed by atoms with Crippen LogP contribution in [-0.2, 0) is 14.3 Å². The molecule has 1 N–H and O–H groups in total. The number of carbonyl (C=O) groups excluding carboxylic acids is 2. The lowest BCUT2D eigenvalue weighted by Crippen LogP contribution is -2.40. The van der Waals surface area contributed by atoms with Gasteiger partial charge in [-0.2, -0.15) is 0 Å². The molecule has 0 aromatic heterocycles. The van der Waals surface area contributed by atoms with E-state index in [9.17, 15) is 9.59 Å². The summed E-state index contributed by atoms with van der Waals surface area (Å²) in [6, 6.07) is 7.03. The second-order valence-corrected chi connectivity index (χ2v) is 7.45. The molecular weight excluding hydrogens is 358 g/mol. The Morgan fingerprint density at radius 3 is 2.95 bits per heavy atom. The Balaban J connectivity index is 1.59. The van der Waals surface area contributed by atoms with Gasteiger partial charge >= 0.3 is 5.97 Å². The van der Waals surface area contributed by atoms with Crippen molar-refractivity contribution in [3.63, 3.8) is 0 Å². The van der Waals surface area contributed by atoms with Crippen molar-refractivity contribution in [2.45, 2.75) is 17.4 Å². The molecule has 21 heavy (non-hydrogen) atoms. The smallest absolute Gasteiger partial charge is 0.310 e. The van der Waals surface area contributed by atoms with Crippen molar-refractivity contribution in [2.75, 3.05) is 5.32 Å². The number of amides is 1. The quantitative estimate of drug-likeness (QED) is 0.643. The van der Waals surface area contributed by atoms with Crippen LogP contribution in [0, 0.1) is 23.7 Å². The van der Waals surface area contributed by atoms with Gasteiger partial charge < -0.3 is 10.1 Å². The molecule has 4 rings (SSSR count). The summed E-state index contributed by atoms with van der Waals surface area (Å²) >= 11 is 9.53. The molecule has 1 amide bonds. The lowest BCUT2D eigenvalue weighted by atomic mass is 9.79. The van der Waals surface area contributed by atoms with Crippen LogP contribution < -0.4 is 5.32 Å². The van der Waals surface area contributed by atoms with Gasteiger partial charge in [0.05, 0.1) is 16.7 Å². The Bertz CT molecular complexity index is 637. The fraction of sp³-hybridized carbons (Fsp3) is 0.467. The van der Waals surface area contributed by atoms with Crippen molar-refractivity contribution in [1.82, 2.24) is 0 Å². The standard InChI is InChI=1S/C15H13BrClNO3/c16-12-8-5-9-11(15(20)21-13(9)12)10(8)14(19)18-7-3-1-2-6(17)4-7/h1-4,8-13H,5H2,(H,18,19)/t8-,9-,10-,11-,12+,13+/m1/s1. The molecule has 1 heterocycles. The zero-order valence-electron chi connectivity index (χ0n) is 11.0.